The summed E-state index contributed by atoms with van der Waals surface area (Å²) >= 11 is 0. The van der Waals surface area contributed by atoms with Gasteiger partial charge in [0, 0.05) is 30.8 Å². The number of rotatable bonds is 5. The molecule has 2 amide bonds. The molecule has 3 rings (SSSR count). The summed E-state index contributed by atoms with van der Waals surface area (Å²) in [5.41, 5.74) is 1.60. The van der Waals surface area contributed by atoms with Crippen molar-refractivity contribution < 1.29 is 9.59 Å². The molecule has 2 aliphatic carbocycles. The average Bonchev–Trinajstić information content (AvgIpc) is 3.21. The number of nitrogens with one attached hydrogen (secondary N) is 1. The van der Waals surface area contributed by atoms with E-state index in [9.17, 15) is 9.59 Å². The lowest BCUT2D eigenvalue weighted by Crippen LogP contribution is -2.33. The molecule has 0 aromatic heterocycles. The van der Waals surface area contributed by atoms with Gasteiger partial charge in [-0.25, -0.2) is 0 Å². The Morgan fingerprint density at radius 1 is 1.09 bits per heavy atom. The number of amides is 2. The van der Waals surface area contributed by atoms with Crippen LogP contribution in [-0.4, -0.2) is 35.8 Å². The number of carbonyl (C=O) groups is 2. The monoisotopic (exact) mass is 312 g/mol. The molecular formula is C19H24N2O2. The van der Waals surface area contributed by atoms with Crippen molar-refractivity contribution in [2.45, 2.75) is 50.6 Å². The Kier molecular flexibility index (Phi) is 4.79. The van der Waals surface area contributed by atoms with Crippen LogP contribution < -0.4 is 5.32 Å². The van der Waals surface area contributed by atoms with Crippen molar-refractivity contribution >= 4 is 17.9 Å². The van der Waals surface area contributed by atoms with Crippen LogP contribution in [0.15, 0.2) is 30.3 Å². The Hall–Kier alpha value is -2.10. The van der Waals surface area contributed by atoms with E-state index in [1.807, 2.05) is 42.3 Å². The maximum atomic E-state index is 12.2. The van der Waals surface area contributed by atoms with E-state index in [2.05, 4.69) is 5.32 Å². The van der Waals surface area contributed by atoms with Crippen LogP contribution in [0.3, 0.4) is 0 Å². The molecule has 0 spiro atoms. The minimum absolute atomic E-state index is 0.0138. The Bertz CT molecular complexity index is 596. The first kappa shape index (κ1) is 15.8. The second kappa shape index (κ2) is 6.99. The fourth-order valence-corrected chi connectivity index (χ4v) is 3.00. The van der Waals surface area contributed by atoms with Crippen LogP contribution in [0.25, 0.3) is 6.08 Å². The lowest BCUT2D eigenvalue weighted by molar-refractivity contribution is -0.126. The quantitative estimate of drug-likeness (QED) is 0.850. The minimum atomic E-state index is -0.0138. The van der Waals surface area contributed by atoms with Gasteiger partial charge in [-0.05, 0) is 49.5 Å². The van der Waals surface area contributed by atoms with Crippen molar-refractivity contribution in [3.63, 3.8) is 0 Å². The van der Waals surface area contributed by atoms with E-state index in [0.717, 1.165) is 31.2 Å². The van der Waals surface area contributed by atoms with Gasteiger partial charge in [0.15, 0.2) is 0 Å². The predicted octanol–water partition coefficient (Wildman–Crippen LogP) is 2.99. The normalized spacial score (nSPS) is 18.3. The molecule has 1 aromatic rings. The van der Waals surface area contributed by atoms with E-state index < -0.39 is 0 Å². The second-order valence-corrected chi connectivity index (χ2v) is 6.59. The van der Waals surface area contributed by atoms with Crippen molar-refractivity contribution in [3.05, 3.63) is 41.5 Å². The van der Waals surface area contributed by atoms with Crippen molar-refractivity contribution in [3.8, 4) is 0 Å². The van der Waals surface area contributed by atoms with E-state index >= 15 is 0 Å². The van der Waals surface area contributed by atoms with Crippen molar-refractivity contribution in [2.75, 3.05) is 7.05 Å². The highest BCUT2D eigenvalue weighted by molar-refractivity contribution is 5.95. The number of likely N-dealkylation sites (N-methyl/N-ethyl adjacent to an activating group) is 1. The summed E-state index contributed by atoms with van der Waals surface area (Å²) in [7, 11) is 1.88. The van der Waals surface area contributed by atoms with Gasteiger partial charge in [0.05, 0.1) is 0 Å². The van der Waals surface area contributed by atoms with Crippen LogP contribution in [-0.2, 0) is 4.79 Å². The zero-order valence-electron chi connectivity index (χ0n) is 13.6. The molecule has 2 saturated carbocycles. The van der Waals surface area contributed by atoms with Gasteiger partial charge in [0.25, 0.3) is 5.91 Å². The number of benzene rings is 1. The molecule has 0 heterocycles. The topological polar surface area (TPSA) is 49.4 Å². The third kappa shape index (κ3) is 4.21. The number of carbonyl (C=O) groups excluding carboxylic acids is 2. The first-order chi connectivity index (χ1) is 11.1. The van der Waals surface area contributed by atoms with E-state index in [4.69, 9.17) is 0 Å². The van der Waals surface area contributed by atoms with Crippen molar-refractivity contribution in [1.29, 1.82) is 0 Å². The number of hydrogen-bond acceptors (Lipinski definition) is 2. The van der Waals surface area contributed by atoms with E-state index in [0.29, 0.717) is 17.6 Å². The third-order valence-electron chi connectivity index (χ3n) is 4.72. The first-order valence-electron chi connectivity index (χ1n) is 8.49. The van der Waals surface area contributed by atoms with Crippen molar-refractivity contribution in [2.24, 2.45) is 0 Å². The molecule has 2 fully saturated rings. The zero-order valence-corrected chi connectivity index (χ0v) is 13.6. The number of nitrogens with zero attached hydrogens (tertiary/aromatic N) is 1. The second-order valence-electron chi connectivity index (χ2n) is 6.59. The van der Waals surface area contributed by atoms with Crippen LogP contribution in [0.2, 0.25) is 0 Å². The maximum Gasteiger partial charge on any atom is 0.251 e. The lowest BCUT2D eigenvalue weighted by atomic mass is 10.1. The molecule has 0 atom stereocenters. The van der Waals surface area contributed by atoms with Gasteiger partial charge in [-0.2, -0.15) is 0 Å². The Balaban J connectivity index is 1.56. The molecule has 122 valence electrons. The molecule has 4 nitrogen and oxygen atoms in total. The Labute approximate surface area is 137 Å². The molecule has 1 N–H and O–H groups in total. The summed E-state index contributed by atoms with van der Waals surface area (Å²) in [5.74, 6) is 0.0347. The molecule has 0 unspecified atom stereocenters. The van der Waals surface area contributed by atoms with Crippen LogP contribution in [0.4, 0.5) is 0 Å². The zero-order chi connectivity index (χ0) is 16.2. The average molecular weight is 312 g/mol. The SMILES string of the molecule is CN(C(=O)/C=C/c1ccc(C(=O)NC2CC2)cc1)C1CCCC1. The van der Waals surface area contributed by atoms with Gasteiger partial charge in [-0.3, -0.25) is 9.59 Å². The largest absolute Gasteiger partial charge is 0.349 e. The summed E-state index contributed by atoms with van der Waals surface area (Å²) < 4.78 is 0. The van der Waals surface area contributed by atoms with Gasteiger partial charge >= 0.3 is 0 Å². The molecule has 0 radical (unpaired) electrons. The summed E-state index contributed by atoms with van der Waals surface area (Å²) in [6.07, 6.45) is 10.3. The van der Waals surface area contributed by atoms with Crippen LogP contribution in [0.1, 0.15) is 54.4 Å². The predicted molar refractivity (Wildman–Crippen MR) is 91.0 cm³/mol. The van der Waals surface area contributed by atoms with E-state index in [1.165, 1.54) is 12.8 Å². The fourth-order valence-electron chi connectivity index (χ4n) is 3.00. The molecular weight excluding hydrogens is 288 g/mol. The van der Waals surface area contributed by atoms with E-state index in [1.54, 1.807) is 6.08 Å². The van der Waals surface area contributed by atoms with Gasteiger partial charge in [-0.15, -0.1) is 0 Å². The third-order valence-corrected chi connectivity index (χ3v) is 4.72. The summed E-state index contributed by atoms with van der Waals surface area (Å²) in [5, 5.41) is 2.97. The van der Waals surface area contributed by atoms with Crippen molar-refractivity contribution in [1.82, 2.24) is 10.2 Å². The van der Waals surface area contributed by atoms with Crippen LogP contribution in [0, 0.1) is 0 Å². The minimum Gasteiger partial charge on any atom is -0.349 e. The molecule has 0 saturated heterocycles. The first-order valence-corrected chi connectivity index (χ1v) is 8.49. The molecule has 4 heteroatoms. The van der Waals surface area contributed by atoms with Gasteiger partial charge in [-0.1, -0.05) is 25.0 Å². The highest BCUT2D eigenvalue weighted by Gasteiger charge is 2.24. The molecule has 1 aromatic carbocycles. The highest BCUT2D eigenvalue weighted by Crippen LogP contribution is 2.22. The lowest BCUT2D eigenvalue weighted by Gasteiger charge is -2.22. The molecule has 23 heavy (non-hydrogen) atoms. The van der Waals surface area contributed by atoms with E-state index in [-0.39, 0.29) is 11.8 Å². The Morgan fingerprint density at radius 3 is 2.35 bits per heavy atom. The summed E-state index contributed by atoms with van der Waals surface area (Å²) in [6, 6.07) is 8.12. The number of hydrogen-bond donors (Lipinski definition) is 1. The smallest absolute Gasteiger partial charge is 0.251 e. The summed E-state index contributed by atoms with van der Waals surface area (Å²) in [4.78, 5) is 25.9. The fraction of sp³-hybridized carbons (Fsp3) is 0.474. The summed E-state index contributed by atoms with van der Waals surface area (Å²) in [6.45, 7) is 0. The van der Waals surface area contributed by atoms with Crippen LogP contribution in [0.5, 0.6) is 0 Å². The van der Waals surface area contributed by atoms with Gasteiger partial charge in [0.1, 0.15) is 0 Å². The van der Waals surface area contributed by atoms with Crippen LogP contribution >= 0.6 is 0 Å². The highest BCUT2D eigenvalue weighted by atomic mass is 16.2. The maximum absolute atomic E-state index is 12.2. The molecule has 0 aliphatic heterocycles. The van der Waals surface area contributed by atoms with Gasteiger partial charge < -0.3 is 10.2 Å². The van der Waals surface area contributed by atoms with Gasteiger partial charge in [0.2, 0.25) is 5.91 Å². The molecule has 2 aliphatic rings. The standard InChI is InChI=1S/C19H24N2O2/c1-21(17-4-2-3-5-17)18(22)13-8-14-6-9-15(10-7-14)19(23)20-16-11-12-16/h6-10,13,16-17H,2-5,11-12H2,1H3,(H,20,23)/b13-8+. The molecule has 0 bridgehead atoms. The Morgan fingerprint density at radius 2 is 1.74 bits per heavy atom.